The van der Waals surface area contributed by atoms with Crippen molar-refractivity contribution >= 4 is 11.6 Å². The van der Waals surface area contributed by atoms with E-state index in [1.54, 1.807) is 12.1 Å². The Balaban J connectivity index is 2.17. The lowest BCUT2D eigenvalue weighted by Crippen LogP contribution is -2.27. The van der Waals surface area contributed by atoms with Crippen LogP contribution in [-0.4, -0.2) is 5.91 Å². The van der Waals surface area contributed by atoms with Gasteiger partial charge in [-0.25, -0.2) is 0 Å². The van der Waals surface area contributed by atoms with E-state index < -0.39 is 0 Å². The van der Waals surface area contributed by atoms with Crippen LogP contribution >= 0.6 is 0 Å². The Labute approximate surface area is 119 Å². The van der Waals surface area contributed by atoms with E-state index in [9.17, 15) is 4.79 Å². The van der Waals surface area contributed by atoms with Gasteiger partial charge in [-0.15, -0.1) is 0 Å². The average molecular weight is 268 g/mol. The molecule has 2 rings (SSSR count). The molecule has 3 heteroatoms. The number of hydrogen-bond donors (Lipinski definition) is 2. The van der Waals surface area contributed by atoms with Gasteiger partial charge in [0.25, 0.3) is 5.91 Å². The van der Waals surface area contributed by atoms with Crippen LogP contribution in [-0.2, 0) is 0 Å². The molecule has 0 bridgehead atoms. The monoisotopic (exact) mass is 268 g/mol. The van der Waals surface area contributed by atoms with Crippen LogP contribution in [0, 0.1) is 13.8 Å². The Hall–Kier alpha value is -2.29. The van der Waals surface area contributed by atoms with Gasteiger partial charge in [0.05, 0.1) is 6.04 Å². The lowest BCUT2D eigenvalue weighted by molar-refractivity contribution is 0.0939. The summed E-state index contributed by atoms with van der Waals surface area (Å²) in [4.78, 5) is 12.3. The number of hydrogen-bond acceptors (Lipinski definition) is 2. The lowest BCUT2D eigenvalue weighted by atomic mass is 10.0. The summed E-state index contributed by atoms with van der Waals surface area (Å²) in [7, 11) is 0. The molecule has 1 atom stereocenters. The van der Waals surface area contributed by atoms with E-state index in [0.29, 0.717) is 11.3 Å². The number of anilines is 1. The smallest absolute Gasteiger partial charge is 0.252 e. The fourth-order valence-corrected chi connectivity index (χ4v) is 2.37. The predicted octanol–water partition coefficient (Wildman–Crippen LogP) is 3.38. The van der Waals surface area contributed by atoms with E-state index in [0.717, 1.165) is 11.1 Å². The standard InChI is InChI=1S/C17H20N2O/c1-11-6-4-5-7-15(11)13(3)19-17(20)16-9-8-14(18)10-12(16)2/h4-10,13H,18H2,1-3H3,(H,19,20). The molecule has 0 heterocycles. The van der Waals surface area contributed by atoms with Crippen molar-refractivity contribution < 1.29 is 4.79 Å². The van der Waals surface area contributed by atoms with Crippen LogP contribution < -0.4 is 11.1 Å². The quantitative estimate of drug-likeness (QED) is 0.838. The number of nitrogens with one attached hydrogen (secondary N) is 1. The molecule has 0 fully saturated rings. The van der Waals surface area contributed by atoms with E-state index in [1.165, 1.54) is 5.56 Å². The van der Waals surface area contributed by atoms with E-state index in [1.807, 2.05) is 51.1 Å². The molecule has 0 saturated carbocycles. The summed E-state index contributed by atoms with van der Waals surface area (Å²) >= 11 is 0. The summed E-state index contributed by atoms with van der Waals surface area (Å²) in [5.74, 6) is -0.0711. The van der Waals surface area contributed by atoms with E-state index >= 15 is 0 Å². The molecular formula is C17H20N2O. The summed E-state index contributed by atoms with van der Waals surface area (Å²) in [6, 6.07) is 13.4. The first-order chi connectivity index (χ1) is 9.49. The maximum Gasteiger partial charge on any atom is 0.252 e. The zero-order chi connectivity index (χ0) is 14.7. The van der Waals surface area contributed by atoms with Crippen LogP contribution in [0.1, 0.15) is 40.0 Å². The number of carbonyl (C=O) groups is 1. The highest BCUT2D eigenvalue weighted by atomic mass is 16.1. The minimum absolute atomic E-state index is 0.0272. The third kappa shape index (κ3) is 2.99. The van der Waals surface area contributed by atoms with Crippen molar-refractivity contribution in [1.29, 1.82) is 0 Å². The van der Waals surface area contributed by atoms with Gasteiger partial charge in [-0.2, -0.15) is 0 Å². The molecule has 0 radical (unpaired) electrons. The first kappa shape index (κ1) is 14.1. The van der Waals surface area contributed by atoms with Gasteiger partial charge in [0.2, 0.25) is 0 Å². The summed E-state index contributed by atoms with van der Waals surface area (Å²) in [6.07, 6.45) is 0. The maximum absolute atomic E-state index is 12.3. The lowest BCUT2D eigenvalue weighted by Gasteiger charge is -2.17. The molecule has 1 amide bonds. The minimum atomic E-state index is -0.0711. The molecule has 0 saturated heterocycles. The van der Waals surface area contributed by atoms with Crippen LogP contribution in [0.2, 0.25) is 0 Å². The Morgan fingerprint density at radius 3 is 2.45 bits per heavy atom. The van der Waals surface area contributed by atoms with E-state index in [4.69, 9.17) is 5.73 Å². The molecular weight excluding hydrogens is 248 g/mol. The topological polar surface area (TPSA) is 55.1 Å². The molecule has 0 aliphatic rings. The minimum Gasteiger partial charge on any atom is -0.399 e. The molecule has 0 aromatic heterocycles. The van der Waals surface area contributed by atoms with Crippen LogP contribution in [0.25, 0.3) is 0 Å². The van der Waals surface area contributed by atoms with Crippen molar-refractivity contribution in [3.8, 4) is 0 Å². The van der Waals surface area contributed by atoms with Gasteiger partial charge < -0.3 is 11.1 Å². The summed E-state index contributed by atoms with van der Waals surface area (Å²) < 4.78 is 0. The van der Waals surface area contributed by atoms with Gasteiger partial charge in [0, 0.05) is 11.3 Å². The number of rotatable bonds is 3. The molecule has 0 aliphatic carbocycles. The Morgan fingerprint density at radius 2 is 1.80 bits per heavy atom. The molecule has 1 unspecified atom stereocenters. The highest BCUT2D eigenvalue weighted by Crippen LogP contribution is 2.18. The molecule has 104 valence electrons. The molecule has 20 heavy (non-hydrogen) atoms. The number of carbonyl (C=O) groups excluding carboxylic acids is 1. The predicted molar refractivity (Wildman–Crippen MR) is 82.7 cm³/mol. The maximum atomic E-state index is 12.3. The number of nitrogen functional groups attached to an aromatic ring is 1. The highest BCUT2D eigenvalue weighted by Gasteiger charge is 2.14. The normalized spacial score (nSPS) is 11.9. The Morgan fingerprint density at radius 1 is 1.10 bits per heavy atom. The first-order valence-electron chi connectivity index (χ1n) is 6.71. The van der Waals surface area contributed by atoms with Crippen LogP contribution in [0.5, 0.6) is 0 Å². The summed E-state index contributed by atoms with van der Waals surface area (Å²) in [5.41, 5.74) is 10.2. The number of benzene rings is 2. The van der Waals surface area contributed by atoms with Crippen LogP contribution in [0.15, 0.2) is 42.5 Å². The fraction of sp³-hybridized carbons (Fsp3) is 0.235. The van der Waals surface area contributed by atoms with Gasteiger partial charge in [-0.3, -0.25) is 4.79 Å². The zero-order valence-electron chi connectivity index (χ0n) is 12.1. The third-order valence-corrected chi connectivity index (χ3v) is 3.50. The van der Waals surface area contributed by atoms with Gasteiger partial charge >= 0.3 is 0 Å². The number of aryl methyl sites for hydroxylation is 2. The second kappa shape index (κ2) is 5.78. The van der Waals surface area contributed by atoms with Crippen molar-refractivity contribution in [2.75, 3.05) is 5.73 Å². The second-order valence-electron chi connectivity index (χ2n) is 5.13. The Bertz CT molecular complexity index is 635. The van der Waals surface area contributed by atoms with Gasteiger partial charge in [-0.1, -0.05) is 24.3 Å². The SMILES string of the molecule is Cc1cc(N)ccc1C(=O)NC(C)c1ccccc1C. The van der Waals surface area contributed by atoms with Gasteiger partial charge in [0.15, 0.2) is 0 Å². The molecule has 0 spiro atoms. The van der Waals surface area contributed by atoms with E-state index in [2.05, 4.69) is 5.32 Å². The molecule has 0 aliphatic heterocycles. The summed E-state index contributed by atoms with van der Waals surface area (Å²) in [5, 5.41) is 3.03. The van der Waals surface area contributed by atoms with Crippen molar-refractivity contribution in [3.63, 3.8) is 0 Å². The summed E-state index contributed by atoms with van der Waals surface area (Å²) in [6.45, 7) is 5.93. The van der Waals surface area contributed by atoms with E-state index in [-0.39, 0.29) is 11.9 Å². The zero-order valence-corrected chi connectivity index (χ0v) is 12.1. The van der Waals surface area contributed by atoms with Crippen LogP contribution in [0.4, 0.5) is 5.69 Å². The molecule has 3 nitrogen and oxygen atoms in total. The van der Waals surface area contributed by atoms with Crippen molar-refractivity contribution in [2.45, 2.75) is 26.8 Å². The third-order valence-electron chi connectivity index (χ3n) is 3.50. The largest absolute Gasteiger partial charge is 0.399 e. The average Bonchev–Trinajstić information content (AvgIpc) is 2.38. The number of amides is 1. The molecule has 2 aromatic carbocycles. The van der Waals surface area contributed by atoms with Crippen LogP contribution in [0.3, 0.4) is 0 Å². The Kier molecular flexibility index (Phi) is 4.08. The van der Waals surface area contributed by atoms with Gasteiger partial charge in [-0.05, 0) is 55.7 Å². The second-order valence-corrected chi connectivity index (χ2v) is 5.13. The molecule has 3 N–H and O–H groups in total. The van der Waals surface area contributed by atoms with Crippen molar-refractivity contribution in [3.05, 3.63) is 64.7 Å². The first-order valence-corrected chi connectivity index (χ1v) is 6.71. The van der Waals surface area contributed by atoms with Crippen molar-refractivity contribution in [1.82, 2.24) is 5.32 Å². The fourth-order valence-electron chi connectivity index (χ4n) is 2.37. The highest BCUT2D eigenvalue weighted by molar-refractivity contribution is 5.96. The number of nitrogens with two attached hydrogens (primary N) is 1. The molecule has 2 aromatic rings. The van der Waals surface area contributed by atoms with Gasteiger partial charge in [0.1, 0.15) is 0 Å². The van der Waals surface area contributed by atoms with Crippen molar-refractivity contribution in [2.24, 2.45) is 0 Å².